The van der Waals surface area contributed by atoms with Gasteiger partial charge in [0.15, 0.2) is 5.82 Å². The van der Waals surface area contributed by atoms with Crippen LogP contribution in [0.1, 0.15) is 52.0 Å². The smallest absolute Gasteiger partial charge is 0.277 e. The molecule has 0 bridgehead atoms. The van der Waals surface area contributed by atoms with Crippen LogP contribution in [0.25, 0.3) is 0 Å². The van der Waals surface area contributed by atoms with Crippen LogP contribution in [0, 0.1) is 6.92 Å². The number of amides is 1. The number of rotatable bonds is 7. The van der Waals surface area contributed by atoms with Gasteiger partial charge in [-0.15, -0.1) is 0 Å². The molecule has 0 saturated carbocycles. The highest BCUT2D eigenvalue weighted by Crippen LogP contribution is 2.27. The molecule has 3 heterocycles. The van der Waals surface area contributed by atoms with E-state index in [1.54, 1.807) is 17.4 Å². The highest BCUT2D eigenvalue weighted by molar-refractivity contribution is 5.92. The van der Waals surface area contributed by atoms with Crippen LogP contribution in [0.3, 0.4) is 0 Å². The minimum Gasteiger partial charge on any atom is -0.337 e. The number of hydrogen-bond acceptors (Lipinski definition) is 9. The molecule has 0 unspecified atom stereocenters. The van der Waals surface area contributed by atoms with E-state index >= 15 is 0 Å². The van der Waals surface area contributed by atoms with E-state index in [9.17, 15) is 4.79 Å². The van der Waals surface area contributed by atoms with Crippen molar-refractivity contribution < 1.29 is 14.5 Å². The minimum absolute atomic E-state index is 0.165. The van der Waals surface area contributed by atoms with Gasteiger partial charge >= 0.3 is 0 Å². The lowest BCUT2D eigenvalue weighted by Gasteiger charge is -2.30. The maximum absolute atomic E-state index is 11.4. The topological polar surface area (TPSA) is 121 Å². The van der Waals surface area contributed by atoms with E-state index in [4.69, 9.17) is 9.73 Å². The molecule has 10 nitrogen and oxygen atoms in total. The summed E-state index contributed by atoms with van der Waals surface area (Å²) < 4.78 is 5.46. The van der Waals surface area contributed by atoms with Gasteiger partial charge in [-0.25, -0.2) is 15.4 Å². The quantitative estimate of drug-likeness (QED) is 0.424. The van der Waals surface area contributed by atoms with Crippen LogP contribution in [-0.2, 0) is 13.1 Å². The maximum Gasteiger partial charge on any atom is 0.277 e. The number of hydroxylamine groups is 1. The second kappa shape index (κ2) is 9.84. The molecule has 1 aliphatic heterocycles. The lowest BCUT2D eigenvalue weighted by molar-refractivity contribution is 0.0705. The van der Waals surface area contributed by atoms with Crippen LogP contribution in [-0.4, -0.2) is 56.3 Å². The van der Waals surface area contributed by atoms with Crippen molar-refractivity contribution >= 4 is 11.9 Å². The zero-order valence-corrected chi connectivity index (χ0v) is 18.2. The van der Waals surface area contributed by atoms with E-state index in [0.29, 0.717) is 24.3 Å². The van der Waals surface area contributed by atoms with E-state index in [1.807, 2.05) is 0 Å². The molecule has 2 N–H and O–H groups in total. The summed E-state index contributed by atoms with van der Waals surface area (Å²) >= 11 is 0. The number of nitrogens with one attached hydrogen (secondary N) is 1. The molecule has 168 valence electrons. The fourth-order valence-electron chi connectivity index (χ4n) is 3.89. The average molecular weight is 438 g/mol. The normalized spacial score (nSPS) is 15.0. The lowest BCUT2D eigenvalue weighted by Crippen LogP contribution is -2.32. The molecule has 4 rings (SSSR count). The van der Waals surface area contributed by atoms with Gasteiger partial charge in [0.25, 0.3) is 5.91 Å². The first-order valence-corrected chi connectivity index (χ1v) is 10.6. The van der Waals surface area contributed by atoms with Gasteiger partial charge < -0.3 is 9.42 Å². The second-order valence-corrected chi connectivity index (χ2v) is 8.15. The number of aromatic nitrogens is 4. The molecule has 10 heteroatoms. The molecule has 1 fully saturated rings. The highest BCUT2D eigenvalue weighted by Gasteiger charge is 2.25. The third-order valence-electron chi connectivity index (χ3n) is 5.64. The summed E-state index contributed by atoms with van der Waals surface area (Å²) in [6.07, 6.45) is 4.68. The van der Waals surface area contributed by atoms with E-state index < -0.39 is 5.91 Å². The molecule has 0 radical (unpaired) electrons. The third-order valence-corrected chi connectivity index (χ3v) is 5.64. The molecular formula is C22H27N7O3. The van der Waals surface area contributed by atoms with Crippen molar-refractivity contribution in [2.45, 2.75) is 38.8 Å². The number of piperidine rings is 1. The van der Waals surface area contributed by atoms with Crippen molar-refractivity contribution in [2.24, 2.45) is 0 Å². The average Bonchev–Trinajstić information content (AvgIpc) is 3.27. The molecule has 1 aliphatic rings. The van der Waals surface area contributed by atoms with Gasteiger partial charge in [0.1, 0.15) is 0 Å². The van der Waals surface area contributed by atoms with Crippen molar-refractivity contribution in [3.8, 4) is 0 Å². The Morgan fingerprint density at radius 3 is 2.72 bits per heavy atom. The fourth-order valence-corrected chi connectivity index (χ4v) is 3.89. The third kappa shape index (κ3) is 5.27. The first kappa shape index (κ1) is 21.8. The minimum atomic E-state index is -0.661. The second-order valence-electron chi connectivity index (χ2n) is 8.15. The number of hydrogen-bond donors (Lipinski definition) is 2. The van der Waals surface area contributed by atoms with E-state index in [-0.39, 0.29) is 5.56 Å². The number of benzene rings is 1. The summed E-state index contributed by atoms with van der Waals surface area (Å²) in [4.78, 5) is 28.5. The van der Waals surface area contributed by atoms with Crippen LogP contribution in [0.5, 0.6) is 0 Å². The van der Waals surface area contributed by atoms with E-state index in [0.717, 1.165) is 38.3 Å². The Morgan fingerprint density at radius 1 is 1.28 bits per heavy atom. The lowest BCUT2D eigenvalue weighted by atomic mass is 9.96. The highest BCUT2D eigenvalue weighted by atomic mass is 16.5. The summed E-state index contributed by atoms with van der Waals surface area (Å²) in [5.74, 6) is 1.28. The summed E-state index contributed by atoms with van der Waals surface area (Å²) in [5.41, 5.74) is 4.36. The van der Waals surface area contributed by atoms with Crippen molar-refractivity contribution in [2.75, 3.05) is 25.0 Å². The zero-order chi connectivity index (χ0) is 22.5. The molecule has 1 aromatic carbocycles. The van der Waals surface area contributed by atoms with Gasteiger partial charge in [0, 0.05) is 31.9 Å². The standard InChI is InChI=1S/C22H27N7O3/c1-15-4-3-5-16(10-15)13-29-8-6-17(7-9-29)20-25-19(32-27-20)14-28(2)22-23-11-18(12-24-22)21(30)26-31/h3-5,10-12,17,31H,6-9,13-14H2,1-2H3,(H,26,30). The summed E-state index contributed by atoms with van der Waals surface area (Å²) in [7, 11) is 1.80. The molecule has 0 aliphatic carbocycles. The predicted molar refractivity (Wildman–Crippen MR) is 116 cm³/mol. The van der Waals surface area contributed by atoms with Gasteiger partial charge in [-0.05, 0) is 38.4 Å². The maximum atomic E-state index is 11.4. The number of likely N-dealkylation sites (tertiary alicyclic amines) is 1. The Bertz CT molecular complexity index is 1050. The Balaban J connectivity index is 1.30. The molecule has 0 spiro atoms. The summed E-state index contributed by atoms with van der Waals surface area (Å²) in [5, 5.41) is 12.9. The fraction of sp³-hybridized carbons (Fsp3) is 0.409. The van der Waals surface area contributed by atoms with E-state index in [1.165, 1.54) is 23.5 Å². The van der Waals surface area contributed by atoms with Crippen LogP contribution < -0.4 is 10.4 Å². The molecule has 1 saturated heterocycles. The summed E-state index contributed by atoms with van der Waals surface area (Å²) in [6, 6.07) is 8.66. The largest absolute Gasteiger partial charge is 0.337 e. The van der Waals surface area contributed by atoms with Gasteiger partial charge in [-0.2, -0.15) is 4.98 Å². The Kier molecular flexibility index (Phi) is 6.72. The van der Waals surface area contributed by atoms with Crippen LogP contribution in [0.2, 0.25) is 0 Å². The van der Waals surface area contributed by atoms with Crippen molar-refractivity contribution in [3.05, 3.63) is 65.1 Å². The zero-order valence-electron chi connectivity index (χ0n) is 18.2. The monoisotopic (exact) mass is 437 g/mol. The van der Waals surface area contributed by atoms with Crippen molar-refractivity contribution in [1.29, 1.82) is 0 Å². The molecule has 3 aromatic rings. The van der Waals surface area contributed by atoms with E-state index in [2.05, 4.69) is 56.2 Å². The van der Waals surface area contributed by atoms with Crippen LogP contribution in [0.15, 0.2) is 41.2 Å². The molecule has 2 aromatic heterocycles. The number of nitrogens with zero attached hydrogens (tertiary/aromatic N) is 6. The van der Waals surface area contributed by atoms with Crippen molar-refractivity contribution in [3.63, 3.8) is 0 Å². The van der Waals surface area contributed by atoms with Crippen molar-refractivity contribution in [1.82, 2.24) is 30.5 Å². The van der Waals surface area contributed by atoms with Gasteiger partial charge in [0.2, 0.25) is 11.8 Å². The van der Waals surface area contributed by atoms with Gasteiger partial charge in [-0.1, -0.05) is 35.0 Å². The van der Waals surface area contributed by atoms with Crippen LogP contribution >= 0.6 is 0 Å². The predicted octanol–water partition coefficient (Wildman–Crippen LogP) is 2.30. The molecular weight excluding hydrogens is 410 g/mol. The molecule has 32 heavy (non-hydrogen) atoms. The van der Waals surface area contributed by atoms with Gasteiger partial charge in [0.05, 0.1) is 12.1 Å². The first-order chi connectivity index (χ1) is 15.5. The Hall–Kier alpha value is -3.37. The first-order valence-electron chi connectivity index (χ1n) is 10.6. The number of carbonyl (C=O) groups is 1. The van der Waals surface area contributed by atoms with Gasteiger partial charge in [-0.3, -0.25) is 14.9 Å². The summed E-state index contributed by atoms with van der Waals surface area (Å²) in [6.45, 7) is 5.45. The number of anilines is 1. The Morgan fingerprint density at radius 2 is 2.03 bits per heavy atom. The number of aryl methyl sites for hydroxylation is 1. The SMILES string of the molecule is Cc1cccc(CN2CCC(c3noc(CN(C)c4ncc(C(=O)NO)cn4)n3)CC2)c1. The molecule has 0 atom stereocenters. The van der Waals surface area contributed by atoms with Crippen LogP contribution in [0.4, 0.5) is 5.95 Å². The Labute approximate surface area is 186 Å². The number of carbonyl (C=O) groups excluding carboxylic acids is 1. The molecule has 1 amide bonds.